The van der Waals surface area contributed by atoms with E-state index in [2.05, 4.69) is 20.2 Å². The zero-order valence-electron chi connectivity index (χ0n) is 9.85. The number of hydrogen-bond acceptors (Lipinski definition) is 4. The Kier molecular flexibility index (Phi) is 2.50. The Hall–Kier alpha value is -2.02. The van der Waals surface area contributed by atoms with E-state index in [0.717, 1.165) is 9.65 Å². The molecule has 1 aromatic heterocycles. The Labute approximate surface area is 123 Å². The average Bonchev–Trinajstić information content (AvgIpc) is 3.03. The summed E-state index contributed by atoms with van der Waals surface area (Å²) in [7, 11) is 0. The van der Waals surface area contributed by atoms with Gasteiger partial charge in [0.15, 0.2) is 0 Å². The molecule has 1 aromatic carbocycles. The first-order valence-electron chi connectivity index (χ1n) is 5.68. The predicted molar refractivity (Wildman–Crippen MR) is 81.0 cm³/mol. The van der Waals surface area contributed by atoms with Gasteiger partial charge in [0.2, 0.25) is 0 Å². The molecule has 96 valence electrons. The van der Waals surface area contributed by atoms with Gasteiger partial charge in [0, 0.05) is 0 Å². The fraction of sp³-hybridized carbons (Fsp3) is 0. The molecule has 0 bridgehead atoms. The van der Waals surface area contributed by atoms with Gasteiger partial charge in [-0.25, -0.2) is 0 Å². The predicted octanol–water partition coefficient (Wildman–Crippen LogP) is 1.35. The van der Waals surface area contributed by atoms with Gasteiger partial charge in [-0.3, -0.25) is 0 Å². The molecule has 2 aromatic rings. The number of benzene rings is 1. The van der Waals surface area contributed by atoms with E-state index in [1.165, 1.54) is 0 Å². The van der Waals surface area contributed by atoms with Crippen molar-refractivity contribution >= 4 is 53.4 Å². The third kappa shape index (κ3) is 1.62. The van der Waals surface area contributed by atoms with Gasteiger partial charge in [-0.15, -0.1) is 0 Å². The Balaban J connectivity index is 1.98. The summed E-state index contributed by atoms with van der Waals surface area (Å²) in [4.78, 5) is 20.8. The quantitative estimate of drug-likeness (QED) is 0.534. The normalized spacial score (nSPS) is 17.0. The van der Waals surface area contributed by atoms with E-state index in [0.29, 0.717) is 17.2 Å². The van der Waals surface area contributed by atoms with Crippen LogP contribution < -0.4 is 5.56 Å². The Morgan fingerprint density at radius 1 is 1.20 bits per heavy atom. The first-order valence-corrected chi connectivity index (χ1v) is 7.72. The summed E-state index contributed by atoms with van der Waals surface area (Å²) in [6, 6.07) is 7.57. The summed E-state index contributed by atoms with van der Waals surface area (Å²) >= 11 is 4.87. The van der Waals surface area contributed by atoms with Crippen LogP contribution in [0.5, 0.6) is 0 Å². The molecule has 0 aliphatic carbocycles. The molecule has 0 N–H and O–H groups in total. The van der Waals surface area contributed by atoms with Crippen LogP contribution in [0.2, 0.25) is 0 Å². The molecular formula is C12H5N5OSSe. The SMILES string of the molecule is O=c1c2ccccc2[se]n1C1=NC(=S)N=C2N=NC=C21. The second-order valence-electron chi connectivity index (χ2n) is 4.10. The maximum absolute atomic E-state index is 12.5. The van der Waals surface area contributed by atoms with Crippen molar-refractivity contribution in [3.8, 4) is 0 Å². The number of fused-ring (bicyclic) bond motifs is 2. The van der Waals surface area contributed by atoms with Crippen LogP contribution in [0.3, 0.4) is 0 Å². The van der Waals surface area contributed by atoms with Crippen LogP contribution in [0, 0.1) is 0 Å². The summed E-state index contributed by atoms with van der Waals surface area (Å²) in [5, 5.41) is 8.60. The Morgan fingerprint density at radius 2 is 2.05 bits per heavy atom. The van der Waals surface area contributed by atoms with Crippen LogP contribution in [0.15, 0.2) is 61.0 Å². The van der Waals surface area contributed by atoms with Crippen LogP contribution in [0.4, 0.5) is 0 Å². The molecule has 20 heavy (non-hydrogen) atoms. The van der Waals surface area contributed by atoms with Crippen molar-refractivity contribution in [1.29, 1.82) is 0 Å². The number of aromatic nitrogens is 1. The molecule has 6 nitrogen and oxygen atoms in total. The number of azo groups is 1. The van der Waals surface area contributed by atoms with Crippen molar-refractivity contribution in [3.05, 3.63) is 46.4 Å². The second kappa shape index (κ2) is 4.24. The third-order valence-corrected chi connectivity index (χ3v) is 5.34. The van der Waals surface area contributed by atoms with Gasteiger partial charge in [0.05, 0.1) is 0 Å². The molecule has 2 aliphatic heterocycles. The molecule has 0 saturated carbocycles. The van der Waals surface area contributed by atoms with Gasteiger partial charge >= 0.3 is 124 Å². The van der Waals surface area contributed by atoms with E-state index in [-0.39, 0.29) is 25.4 Å². The van der Waals surface area contributed by atoms with Crippen molar-refractivity contribution in [1.82, 2.24) is 3.56 Å². The van der Waals surface area contributed by atoms with Crippen LogP contribution in [0.1, 0.15) is 0 Å². The standard InChI is InChI=1S/C12H5N5OSSe/c18-11-6-3-1-2-4-8(6)20-17(11)10-7-5-13-16-9(7)14-12(19)15-10/h1-5H. The van der Waals surface area contributed by atoms with Crippen molar-refractivity contribution in [3.63, 3.8) is 0 Å². The summed E-state index contributed by atoms with van der Waals surface area (Å²) in [5.74, 6) is 0.936. The van der Waals surface area contributed by atoms with E-state index >= 15 is 0 Å². The number of thiocarbonyl (C=S) groups is 1. The monoisotopic (exact) mass is 347 g/mol. The molecule has 8 heteroatoms. The van der Waals surface area contributed by atoms with E-state index in [1.807, 2.05) is 24.3 Å². The molecule has 0 fully saturated rings. The Bertz CT molecular complexity index is 946. The summed E-state index contributed by atoms with van der Waals surface area (Å²) < 4.78 is 2.69. The molecule has 0 atom stereocenters. The van der Waals surface area contributed by atoms with Crippen LogP contribution in [0.25, 0.3) is 9.65 Å². The molecule has 2 aliphatic rings. The molecule has 4 rings (SSSR count). The van der Waals surface area contributed by atoms with Gasteiger partial charge in [0.1, 0.15) is 0 Å². The third-order valence-electron chi connectivity index (χ3n) is 2.91. The minimum absolute atomic E-state index is 0.0591. The first kappa shape index (κ1) is 11.8. The molecule has 0 radical (unpaired) electrons. The number of rotatable bonds is 0. The van der Waals surface area contributed by atoms with Crippen LogP contribution >= 0.6 is 12.2 Å². The van der Waals surface area contributed by atoms with Crippen molar-refractivity contribution in [2.45, 2.75) is 0 Å². The van der Waals surface area contributed by atoms with E-state index in [4.69, 9.17) is 12.2 Å². The first-order chi connectivity index (χ1) is 9.74. The fourth-order valence-corrected chi connectivity index (χ4v) is 4.29. The fourth-order valence-electron chi connectivity index (χ4n) is 2.03. The maximum atomic E-state index is 12.5. The van der Waals surface area contributed by atoms with E-state index < -0.39 is 0 Å². The molecule has 0 saturated heterocycles. The summed E-state index contributed by atoms with van der Waals surface area (Å²) in [5.41, 5.74) is 0.595. The summed E-state index contributed by atoms with van der Waals surface area (Å²) in [6.07, 6.45) is 1.56. The number of aliphatic imine (C=N–C) groups is 2. The molecule has 0 amide bonds. The molecule has 0 spiro atoms. The average molecular weight is 346 g/mol. The second-order valence-corrected chi connectivity index (χ2v) is 6.54. The van der Waals surface area contributed by atoms with Crippen molar-refractivity contribution in [2.75, 3.05) is 0 Å². The van der Waals surface area contributed by atoms with Gasteiger partial charge in [-0.2, -0.15) is 0 Å². The Morgan fingerprint density at radius 3 is 2.90 bits per heavy atom. The minimum atomic E-state index is -0.159. The van der Waals surface area contributed by atoms with Gasteiger partial charge in [-0.05, 0) is 0 Å². The topological polar surface area (TPSA) is 71.4 Å². The van der Waals surface area contributed by atoms with Crippen molar-refractivity contribution < 1.29 is 0 Å². The zero-order chi connectivity index (χ0) is 13.7. The van der Waals surface area contributed by atoms with Crippen LogP contribution in [-0.4, -0.2) is 35.1 Å². The van der Waals surface area contributed by atoms with Gasteiger partial charge < -0.3 is 0 Å². The van der Waals surface area contributed by atoms with E-state index in [1.54, 1.807) is 9.76 Å². The van der Waals surface area contributed by atoms with E-state index in [9.17, 15) is 4.79 Å². The number of nitrogens with zero attached hydrogens (tertiary/aromatic N) is 5. The van der Waals surface area contributed by atoms with Gasteiger partial charge in [0.25, 0.3) is 0 Å². The molecule has 0 unspecified atom stereocenters. The summed E-state index contributed by atoms with van der Waals surface area (Å²) in [6.45, 7) is 0. The number of hydrogen-bond donors (Lipinski definition) is 0. The molecular weight excluding hydrogens is 341 g/mol. The molecule has 3 heterocycles. The van der Waals surface area contributed by atoms with Crippen molar-refractivity contribution in [2.24, 2.45) is 20.2 Å². The van der Waals surface area contributed by atoms with Gasteiger partial charge in [-0.1, -0.05) is 0 Å². The van der Waals surface area contributed by atoms with Crippen LogP contribution in [-0.2, 0) is 0 Å². The zero-order valence-corrected chi connectivity index (χ0v) is 12.4. The number of amidine groups is 1.